The Labute approximate surface area is 161 Å². The van der Waals surface area contributed by atoms with E-state index in [0.29, 0.717) is 0 Å². The fourth-order valence-corrected chi connectivity index (χ4v) is 3.13. The molecule has 2 aromatic carbocycles. The first-order valence-corrected chi connectivity index (χ1v) is 9.16. The first-order valence-electron chi connectivity index (χ1n) is 9.16. The molecule has 0 saturated heterocycles. The zero-order valence-electron chi connectivity index (χ0n) is 16.1. The monoisotopic (exact) mass is 362 g/mol. The maximum absolute atomic E-state index is 5.45. The van der Waals surface area contributed by atoms with Crippen LogP contribution in [-0.2, 0) is 6.42 Å². The summed E-state index contributed by atoms with van der Waals surface area (Å²) in [5, 5.41) is 3.59. The van der Waals surface area contributed by atoms with Gasteiger partial charge in [-0.1, -0.05) is 24.3 Å². The van der Waals surface area contributed by atoms with Crippen molar-refractivity contribution in [3.8, 4) is 22.6 Å². The summed E-state index contributed by atoms with van der Waals surface area (Å²) in [7, 11) is 3.38. The standard InChI is InChI=1S/C23H26N2O2/c1-17(18-4-6-19(7-5-18)20-10-13-24-14-11-20)25-15-12-21-16-22(26-2)8-9-23(21)27-3/h4-11,13-14,16-17,25H,12,15H2,1-3H3. The van der Waals surface area contributed by atoms with Gasteiger partial charge >= 0.3 is 0 Å². The number of nitrogens with zero attached hydrogens (tertiary/aromatic N) is 1. The highest BCUT2D eigenvalue weighted by atomic mass is 16.5. The van der Waals surface area contributed by atoms with E-state index in [-0.39, 0.29) is 6.04 Å². The molecule has 4 nitrogen and oxygen atoms in total. The molecule has 0 fully saturated rings. The van der Waals surface area contributed by atoms with Crippen LogP contribution in [0.4, 0.5) is 0 Å². The molecule has 1 N–H and O–H groups in total. The van der Waals surface area contributed by atoms with Crippen molar-refractivity contribution in [2.24, 2.45) is 0 Å². The molecule has 0 radical (unpaired) electrons. The summed E-state index contributed by atoms with van der Waals surface area (Å²) in [5.74, 6) is 1.75. The minimum absolute atomic E-state index is 0.271. The molecule has 0 spiro atoms. The van der Waals surface area contributed by atoms with Crippen molar-refractivity contribution in [3.63, 3.8) is 0 Å². The number of benzene rings is 2. The van der Waals surface area contributed by atoms with Crippen molar-refractivity contribution >= 4 is 0 Å². The molecule has 1 heterocycles. The van der Waals surface area contributed by atoms with Gasteiger partial charge in [0.25, 0.3) is 0 Å². The highest BCUT2D eigenvalue weighted by Crippen LogP contribution is 2.25. The molecule has 0 amide bonds. The molecule has 140 valence electrons. The SMILES string of the molecule is COc1ccc(OC)c(CCNC(C)c2ccc(-c3ccncc3)cc2)c1. The lowest BCUT2D eigenvalue weighted by molar-refractivity contribution is 0.398. The van der Waals surface area contributed by atoms with Gasteiger partial charge in [0.1, 0.15) is 11.5 Å². The molecule has 1 atom stereocenters. The van der Waals surface area contributed by atoms with E-state index in [2.05, 4.69) is 41.5 Å². The average Bonchev–Trinajstić information content (AvgIpc) is 2.74. The van der Waals surface area contributed by atoms with Crippen molar-refractivity contribution in [1.29, 1.82) is 0 Å². The van der Waals surface area contributed by atoms with Gasteiger partial charge in [0.2, 0.25) is 0 Å². The van der Waals surface area contributed by atoms with Gasteiger partial charge in [-0.3, -0.25) is 4.98 Å². The molecule has 3 rings (SSSR count). The predicted octanol–water partition coefficient (Wildman–Crippen LogP) is 4.66. The first-order chi connectivity index (χ1) is 13.2. The second-order valence-corrected chi connectivity index (χ2v) is 6.46. The third-order valence-electron chi connectivity index (χ3n) is 4.76. The van der Waals surface area contributed by atoms with E-state index in [4.69, 9.17) is 9.47 Å². The smallest absolute Gasteiger partial charge is 0.122 e. The van der Waals surface area contributed by atoms with E-state index in [1.165, 1.54) is 16.7 Å². The van der Waals surface area contributed by atoms with Gasteiger partial charge in [0.05, 0.1) is 14.2 Å². The molecule has 3 aromatic rings. The highest BCUT2D eigenvalue weighted by molar-refractivity contribution is 5.62. The average molecular weight is 362 g/mol. The van der Waals surface area contributed by atoms with Crippen LogP contribution in [0.2, 0.25) is 0 Å². The first kappa shape index (κ1) is 18.9. The lowest BCUT2D eigenvalue weighted by atomic mass is 10.0. The number of pyridine rings is 1. The third kappa shape index (κ3) is 4.86. The number of methoxy groups -OCH3 is 2. The molecule has 1 unspecified atom stereocenters. The molecular weight excluding hydrogens is 336 g/mol. The Hall–Kier alpha value is -2.85. The molecule has 0 saturated carbocycles. The van der Waals surface area contributed by atoms with E-state index < -0.39 is 0 Å². The summed E-state index contributed by atoms with van der Waals surface area (Å²) in [5.41, 5.74) is 4.80. The summed E-state index contributed by atoms with van der Waals surface area (Å²) < 4.78 is 10.8. The van der Waals surface area contributed by atoms with Gasteiger partial charge in [0, 0.05) is 18.4 Å². The maximum Gasteiger partial charge on any atom is 0.122 e. The minimum Gasteiger partial charge on any atom is -0.497 e. The van der Waals surface area contributed by atoms with Crippen LogP contribution in [0.1, 0.15) is 24.1 Å². The summed E-state index contributed by atoms with van der Waals surface area (Å²) in [4.78, 5) is 4.07. The Bertz CT molecular complexity index is 848. The van der Waals surface area contributed by atoms with Crippen LogP contribution in [-0.4, -0.2) is 25.7 Å². The van der Waals surface area contributed by atoms with Crippen LogP contribution in [0.5, 0.6) is 11.5 Å². The summed E-state index contributed by atoms with van der Waals surface area (Å²) >= 11 is 0. The normalized spacial score (nSPS) is 11.8. The molecule has 27 heavy (non-hydrogen) atoms. The zero-order valence-corrected chi connectivity index (χ0v) is 16.1. The number of rotatable bonds is 8. The van der Waals surface area contributed by atoms with Crippen LogP contribution in [0.15, 0.2) is 67.0 Å². The van der Waals surface area contributed by atoms with Crippen molar-refractivity contribution in [2.75, 3.05) is 20.8 Å². The zero-order chi connectivity index (χ0) is 19.1. The van der Waals surface area contributed by atoms with Gasteiger partial charge in [-0.2, -0.15) is 0 Å². The van der Waals surface area contributed by atoms with Crippen molar-refractivity contribution in [3.05, 3.63) is 78.1 Å². The molecule has 1 aromatic heterocycles. The predicted molar refractivity (Wildman–Crippen MR) is 109 cm³/mol. The number of nitrogens with one attached hydrogen (secondary N) is 1. The second kappa shape index (κ2) is 9.19. The highest BCUT2D eigenvalue weighted by Gasteiger charge is 2.08. The van der Waals surface area contributed by atoms with E-state index in [1.54, 1.807) is 14.2 Å². The molecular formula is C23H26N2O2. The summed E-state index contributed by atoms with van der Waals surface area (Å²) in [6, 6.07) is 18.9. The fraction of sp³-hybridized carbons (Fsp3) is 0.261. The van der Waals surface area contributed by atoms with Crippen molar-refractivity contribution in [2.45, 2.75) is 19.4 Å². The quantitative estimate of drug-likeness (QED) is 0.633. The van der Waals surface area contributed by atoms with Crippen LogP contribution in [0.3, 0.4) is 0 Å². The maximum atomic E-state index is 5.45. The van der Waals surface area contributed by atoms with Crippen LogP contribution in [0, 0.1) is 0 Å². The Kier molecular flexibility index (Phi) is 6.44. The van der Waals surface area contributed by atoms with Crippen LogP contribution in [0.25, 0.3) is 11.1 Å². The van der Waals surface area contributed by atoms with Crippen LogP contribution < -0.4 is 14.8 Å². The van der Waals surface area contributed by atoms with E-state index >= 15 is 0 Å². The molecule has 0 aliphatic rings. The lowest BCUT2D eigenvalue weighted by Crippen LogP contribution is -2.21. The third-order valence-corrected chi connectivity index (χ3v) is 4.76. The number of hydrogen-bond donors (Lipinski definition) is 1. The van der Waals surface area contributed by atoms with Crippen molar-refractivity contribution in [1.82, 2.24) is 10.3 Å². The van der Waals surface area contributed by atoms with E-state index in [0.717, 1.165) is 30.0 Å². The van der Waals surface area contributed by atoms with Gasteiger partial charge in [-0.15, -0.1) is 0 Å². The van der Waals surface area contributed by atoms with Gasteiger partial charge in [-0.05, 0) is 72.5 Å². The Balaban J connectivity index is 1.59. The second-order valence-electron chi connectivity index (χ2n) is 6.46. The minimum atomic E-state index is 0.271. The number of hydrogen-bond acceptors (Lipinski definition) is 4. The van der Waals surface area contributed by atoms with Crippen LogP contribution >= 0.6 is 0 Å². The molecule has 4 heteroatoms. The Morgan fingerprint density at radius 3 is 2.26 bits per heavy atom. The van der Waals surface area contributed by atoms with E-state index in [9.17, 15) is 0 Å². The molecule has 0 aliphatic heterocycles. The Morgan fingerprint density at radius 2 is 1.59 bits per heavy atom. The number of ether oxygens (including phenoxy) is 2. The topological polar surface area (TPSA) is 43.4 Å². The molecule has 0 aliphatic carbocycles. The summed E-state index contributed by atoms with van der Waals surface area (Å²) in [6.07, 6.45) is 4.51. The fourth-order valence-electron chi connectivity index (χ4n) is 3.13. The van der Waals surface area contributed by atoms with Gasteiger partial charge in [0.15, 0.2) is 0 Å². The van der Waals surface area contributed by atoms with Gasteiger partial charge in [-0.25, -0.2) is 0 Å². The lowest BCUT2D eigenvalue weighted by Gasteiger charge is -2.16. The largest absolute Gasteiger partial charge is 0.497 e. The molecule has 0 bridgehead atoms. The number of aromatic nitrogens is 1. The van der Waals surface area contributed by atoms with Crippen molar-refractivity contribution < 1.29 is 9.47 Å². The van der Waals surface area contributed by atoms with Gasteiger partial charge < -0.3 is 14.8 Å². The van der Waals surface area contributed by atoms with E-state index in [1.807, 2.05) is 42.7 Å². The summed E-state index contributed by atoms with van der Waals surface area (Å²) in [6.45, 7) is 3.04. The Morgan fingerprint density at radius 1 is 0.889 bits per heavy atom.